The lowest BCUT2D eigenvalue weighted by Gasteiger charge is -2.38. The highest BCUT2D eigenvalue weighted by molar-refractivity contribution is 14.1. The largest absolute Gasteiger partial charge is 0.372 e. The minimum atomic E-state index is -0.277. The summed E-state index contributed by atoms with van der Waals surface area (Å²) in [6, 6.07) is 5.41. The molecule has 3 nitrogen and oxygen atoms in total. The van der Waals surface area contributed by atoms with E-state index in [4.69, 9.17) is 16.3 Å². The molecular formula is C13H15ClINO2. The van der Waals surface area contributed by atoms with Gasteiger partial charge in [0.15, 0.2) is 0 Å². The number of carbonyl (C=O) groups is 1. The molecule has 1 aliphatic heterocycles. The Kier molecular flexibility index (Phi) is 4.18. The van der Waals surface area contributed by atoms with Crippen molar-refractivity contribution in [3.63, 3.8) is 0 Å². The Labute approximate surface area is 126 Å². The first-order valence-electron chi connectivity index (χ1n) is 5.77. The summed E-state index contributed by atoms with van der Waals surface area (Å²) in [7, 11) is 0. The average molecular weight is 380 g/mol. The molecule has 1 saturated heterocycles. The summed E-state index contributed by atoms with van der Waals surface area (Å²) in [5.74, 6) is 0.0182. The van der Waals surface area contributed by atoms with Crippen molar-refractivity contribution in [2.75, 3.05) is 19.7 Å². The lowest BCUT2D eigenvalue weighted by molar-refractivity contribution is -0.0764. The van der Waals surface area contributed by atoms with Gasteiger partial charge in [-0.05, 0) is 54.6 Å². The molecule has 0 bridgehead atoms. The molecule has 0 N–H and O–H groups in total. The molecule has 1 heterocycles. The maximum Gasteiger partial charge on any atom is 0.254 e. The zero-order valence-electron chi connectivity index (χ0n) is 10.4. The SMILES string of the molecule is CC1(C)CN(C(=O)c2ccc(I)c(Cl)c2)CCO1. The van der Waals surface area contributed by atoms with Crippen LogP contribution in [-0.2, 0) is 4.74 Å². The molecule has 0 atom stereocenters. The Hall–Kier alpha value is -0.330. The van der Waals surface area contributed by atoms with Crippen LogP contribution < -0.4 is 0 Å². The highest BCUT2D eigenvalue weighted by Crippen LogP contribution is 2.22. The van der Waals surface area contributed by atoms with Gasteiger partial charge in [0.1, 0.15) is 0 Å². The number of amides is 1. The molecule has 0 spiro atoms. The molecule has 0 radical (unpaired) electrons. The maximum atomic E-state index is 12.4. The van der Waals surface area contributed by atoms with Crippen LogP contribution >= 0.6 is 34.2 Å². The maximum absolute atomic E-state index is 12.4. The van der Waals surface area contributed by atoms with Crippen LogP contribution in [0.1, 0.15) is 24.2 Å². The van der Waals surface area contributed by atoms with Crippen LogP contribution in [0.2, 0.25) is 5.02 Å². The third-order valence-electron chi connectivity index (χ3n) is 2.88. The average Bonchev–Trinajstić information content (AvgIpc) is 2.30. The van der Waals surface area contributed by atoms with Gasteiger partial charge in [0.05, 0.1) is 17.2 Å². The molecule has 98 valence electrons. The van der Waals surface area contributed by atoms with Crippen molar-refractivity contribution in [1.29, 1.82) is 0 Å². The second-order valence-electron chi connectivity index (χ2n) is 4.96. The first kappa shape index (κ1) is 14.1. The van der Waals surface area contributed by atoms with Gasteiger partial charge < -0.3 is 9.64 Å². The Morgan fingerprint density at radius 1 is 1.50 bits per heavy atom. The molecule has 1 aromatic carbocycles. The van der Waals surface area contributed by atoms with Gasteiger partial charge in [-0.25, -0.2) is 0 Å². The van der Waals surface area contributed by atoms with Crippen molar-refractivity contribution in [2.24, 2.45) is 0 Å². The number of rotatable bonds is 1. The number of benzene rings is 1. The lowest BCUT2D eigenvalue weighted by Crippen LogP contribution is -2.50. The van der Waals surface area contributed by atoms with E-state index in [-0.39, 0.29) is 11.5 Å². The third kappa shape index (κ3) is 3.16. The van der Waals surface area contributed by atoms with Gasteiger partial charge in [0.2, 0.25) is 0 Å². The van der Waals surface area contributed by atoms with E-state index in [2.05, 4.69) is 22.6 Å². The Balaban J connectivity index is 2.18. The molecule has 0 aliphatic carbocycles. The second kappa shape index (κ2) is 5.35. The van der Waals surface area contributed by atoms with Gasteiger partial charge in [-0.2, -0.15) is 0 Å². The smallest absolute Gasteiger partial charge is 0.254 e. The molecule has 1 aliphatic rings. The number of morpholine rings is 1. The predicted molar refractivity (Wildman–Crippen MR) is 80.1 cm³/mol. The highest BCUT2D eigenvalue weighted by Gasteiger charge is 2.30. The summed E-state index contributed by atoms with van der Waals surface area (Å²) in [4.78, 5) is 14.2. The molecule has 0 unspecified atom stereocenters. The standard InChI is InChI=1S/C13H15ClINO2/c1-13(2)8-16(5-6-18-13)12(17)9-3-4-11(15)10(14)7-9/h3-4,7H,5-6,8H2,1-2H3. The number of hydrogen-bond donors (Lipinski definition) is 0. The van der Waals surface area contributed by atoms with Crippen LogP contribution in [0, 0.1) is 3.57 Å². The first-order chi connectivity index (χ1) is 8.39. The fraction of sp³-hybridized carbons (Fsp3) is 0.462. The van der Waals surface area contributed by atoms with Crippen LogP contribution in [0.25, 0.3) is 0 Å². The zero-order chi connectivity index (χ0) is 13.3. The molecule has 5 heteroatoms. The molecule has 0 saturated carbocycles. The van der Waals surface area contributed by atoms with Gasteiger partial charge in [0.25, 0.3) is 5.91 Å². The van der Waals surface area contributed by atoms with E-state index in [0.717, 1.165) is 3.57 Å². The summed E-state index contributed by atoms with van der Waals surface area (Å²) in [6.07, 6.45) is 0. The Bertz CT molecular complexity index is 476. The van der Waals surface area contributed by atoms with E-state index in [1.165, 1.54) is 0 Å². The van der Waals surface area contributed by atoms with Gasteiger partial charge in [0, 0.05) is 22.2 Å². The van der Waals surface area contributed by atoms with Crippen molar-refractivity contribution in [1.82, 2.24) is 4.90 Å². The fourth-order valence-corrected chi connectivity index (χ4v) is 2.52. The van der Waals surface area contributed by atoms with Crippen LogP contribution in [0.15, 0.2) is 18.2 Å². The van der Waals surface area contributed by atoms with E-state index in [1.807, 2.05) is 30.9 Å². The quantitative estimate of drug-likeness (QED) is 0.701. The molecule has 18 heavy (non-hydrogen) atoms. The molecule has 0 aromatic heterocycles. The summed E-state index contributed by atoms with van der Waals surface area (Å²) in [5, 5.41) is 0.619. The van der Waals surface area contributed by atoms with Crippen molar-refractivity contribution in [3.05, 3.63) is 32.4 Å². The summed E-state index contributed by atoms with van der Waals surface area (Å²) in [6.45, 7) is 5.80. The topological polar surface area (TPSA) is 29.5 Å². The van der Waals surface area contributed by atoms with Crippen molar-refractivity contribution >= 4 is 40.1 Å². The van der Waals surface area contributed by atoms with Crippen LogP contribution in [-0.4, -0.2) is 36.1 Å². The third-order valence-corrected chi connectivity index (χ3v) is 4.45. The van der Waals surface area contributed by atoms with Crippen LogP contribution in [0.5, 0.6) is 0 Å². The van der Waals surface area contributed by atoms with Crippen molar-refractivity contribution in [2.45, 2.75) is 19.4 Å². The molecule has 1 amide bonds. The summed E-state index contributed by atoms with van der Waals surface area (Å²) >= 11 is 8.20. The van der Waals surface area contributed by atoms with Gasteiger partial charge in [-0.1, -0.05) is 11.6 Å². The minimum absolute atomic E-state index is 0.0182. The van der Waals surface area contributed by atoms with Crippen LogP contribution in [0.3, 0.4) is 0 Å². The monoisotopic (exact) mass is 379 g/mol. The van der Waals surface area contributed by atoms with E-state index in [0.29, 0.717) is 30.3 Å². The summed E-state index contributed by atoms with van der Waals surface area (Å²) in [5.41, 5.74) is 0.360. The van der Waals surface area contributed by atoms with E-state index in [9.17, 15) is 4.79 Å². The highest BCUT2D eigenvalue weighted by atomic mass is 127. The first-order valence-corrected chi connectivity index (χ1v) is 7.23. The van der Waals surface area contributed by atoms with E-state index < -0.39 is 0 Å². The predicted octanol–water partition coefficient (Wildman–Crippen LogP) is 3.20. The number of ether oxygens (including phenoxy) is 1. The molecular weight excluding hydrogens is 365 g/mol. The number of halogens is 2. The van der Waals surface area contributed by atoms with E-state index >= 15 is 0 Å². The van der Waals surface area contributed by atoms with Gasteiger partial charge >= 0.3 is 0 Å². The van der Waals surface area contributed by atoms with Crippen LogP contribution in [0.4, 0.5) is 0 Å². The Morgan fingerprint density at radius 2 is 2.22 bits per heavy atom. The minimum Gasteiger partial charge on any atom is -0.372 e. The molecule has 1 aromatic rings. The van der Waals surface area contributed by atoms with Crippen molar-refractivity contribution in [3.8, 4) is 0 Å². The van der Waals surface area contributed by atoms with Gasteiger partial charge in [-0.15, -0.1) is 0 Å². The normalized spacial score (nSPS) is 18.8. The zero-order valence-corrected chi connectivity index (χ0v) is 13.3. The molecule has 2 rings (SSSR count). The lowest BCUT2D eigenvalue weighted by atomic mass is 10.1. The van der Waals surface area contributed by atoms with Gasteiger partial charge in [-0.3, -0.25) is 4.79 Å². The second-order valence-corrected chi connectivity index (χ2v) is 6.53. The van der Waals surface area contributed by atoms with E-state index in [1.54, 1.807) is 6.07 Å². The number of nitrogens with zero attached hydrogens (tertiary/aromatic N) is 1. The number of carbonyl (C=O) groups excluding carboxylic acids is 1. The van der Waals surface area contributed by atoms with Crippen molar-refractivity contribution < 1.29 is 9.53 Å². The molecule has 1 fully saturated rings. The summed E-state index contributed by atoms with van der Waals surface area (Å²) < 4.78 is 6.56. The Morgan fingerprint density at radius 3 is 2.83 bits per heavy atom. The fourth-order valence-electron chi connectivity index (χ4n) is 2.00. The number of hydrogen-bond acceptors (Lipinski definition) is 2.